The molecule has 3 aromatic rings. The van der Waals surface area contributed by atoms with Gasteiger partial charge in [-0.25, -0.2) is 4.79 Å². The van der Waals surface area contributed by atoms with Crippen molar-refractivity contribution in [1.29, 1.82) is 0 Å². The number of anilines is 1. The van der Waals surface area contributed by atoms with Gasteiger partial charge in [-0.15, -0.1) is 0 Å². The molecule has 0 atom stereocenters. The average molecular weight is 268 g/mol. The molecule has 3 rings (SSSR count). The zero-order valence-electron chi connectivity index (χ0n) is 11.5. The van der Waals surface area contributed by atoms with Crippen LogP contribution in [0.1, 0.15) is 16.7 Å². The van der Waals surface area contributed by atoms with E-state index in [-0.39, 0.29) is 5.76 Å². The Labute approximate surface area is 116 Å². The maximum Gasteiger partial charge on any atom is 0.420 e. The SMILES string of the molecule is Cc1ccc(C)c(Cn2c(=O)oc3cc(N)ccc32)c1. The first kappa shape index (κ1) is 12.5. The van der Waals surface area contributed by atoms with Crippen LogP contribution in [0.15, 0.2) is 45.6 Å². The summed E-state index contributed by atoms with van der Waals surface area (Å²) in [5, 5.41) is 0. The van der Waals surface area contributed by atoms with Crippen LogP contribution in [-0.4, -0.2) is 4.57 Å². The molecule has 4 heteroatoms. The Hall–Kier alpha value is -2.49. The summed E-state index contributed by atoms with van der Waals surface area (Å²) in [6.07, 6.45) is 0. The fraction of sp³-hybridized carbons (Fsp3) is 0.188. The highest BCUT2D eigenvalue weighted by molar-refractivity contribution is 5.76. The van der Waals surface area contributed by atoms with Gasteiger partial charge >= 0.3 is 5.76 Å². The van der Waals surface area contributed by atoms with Crippen LogP contribution >= 0.6 is 0 Å². The smallest absolute Gasteiger partial charge is 0.408 e. The first-order valence-corrected chi connectivity index (χ1v) is 6.49. The standard InChI is InChI=1S/C16H16N2O2/c1-10-3-4-11(2)12(7-10)9-18-14-6-5-13(17)8-15(14)20-16(18)19/h3-8H,9,17H2,1-2H3. The molecule has 0 bridgehead atoms. The topological polar surface area (TPSA) is 61.2 Å². The molecule has 0 radical (unpaired) electrons. The summed E-state index contributed by atoms with van der Waals surface area (Å²) in [5.74, 6) is -0.355. The molecule has 2 aromatic carbocycles. The molecule has 4 nitrogen and oxygen atoms in total. The van der Waals surface area contributed by atoms with Crippen molar-refractivity contribution in [2.75, 3.05) is 5.73 Å². The third-order valence-electron chi connectivity index (χ3n) is 3.53. The Morgan fingerprint density at radius 2 is 1.95 bits per heavy atom. The number of hydrogen-bond donors (Lipinski definition) is 1. The van der Waals surface area contributed by atoms with Crippen molar-refractivity contribution in [2.45, 2.75) is 20.4 Å². The Balaban J connectivity index is 2.13. The monoisotopic (exact) mass is 268 g/mol. The summed E-state index contributed by atoms with van der Waals surface area (Å²) in [5.41, 5.74) is 11.0. The van der Waals surface area contributed by atoms with E-state index in [9.17, 15) is 4.79 Å². The summed E-state index contributed by atoms with van der Waals surface area (Å²) in [4.78, 5) is 12.0. The Bertz CT molecular complexity index is 843. The molecule has 1 aromatic heterocycles. The molecular weight excluding hydrogens is 252 g/mol. The van der Waals surface area contributed by atoms with Gasteiger partial charge in [0.05, 0.1) is 12.1 Å². The van der Waals surface area contributed by atoms with Gasteiger partial charge in [0, 0.05) is 11.8 Å². The van der Waals surface area contributed by atoms with Crippen LogP contribution in [0.3, 0.4) is 0 Å². The van der Waals surface area contributed by atoms with Gasteiger partial charge in [0.15, 0.2) is 5.58 Å². The minimum atomic E-state index is -0.355. The zero-order valence-corrected chi connectivity index (χ0v) is 11.5. The van der Waals surface area contributed by atoms with E-state index in [1.807, 2.05) is 19.9 Å². The number of aromatic nitrogens is 1. The van der Waals surface area contributed by atoms with E-state index in [0.717, 1.165) is 16.6 Å². The van der Waals surface area contributed by atoms with Gasteiger partial charge in [0.1, 0.15) is 0 Å². The van der Waals surface area contributed by atoms with Crippen molar-refractivity contribution in [3.63, 3.8) is 0 Å². The third kappa shape index (κ3) is 2.09. The van der Waals surface area contributed by atoms with Crippen LogP contribution < -0.4 is 11.5 Å². The molecule has 102 valence electrons. The van der Waals surface area contributed by atoms with Crippen LogP contribution in [0.5, 0.6) is 0 Å². The van der Waals surface area contributed by atoms with Gasteiger partial charge in [-0.1, -0.05) is 23.8 Å². The van der Waals surface area contributed by atoms with Crippen molar-refractivity contribution in [3.05, 3.63) is 63.6 Å². The second kappa shape index (κ2) is 4.56. The van der Waals surface area contributed by atoms with Gasteiger partial charge in [0.2, 0.25) is 0 Å². The molecular formula is C16H16N2O2. The maximum absolute atomic E-state index is 12.0. The third-order valence-corrected chi connectivity index (χ3v) is 3.53. The fourth-order valence-corrected chi connectivity index (χ4v) is 2.37. The van der Waals surface area contributed by atoms with Gasteiger partial charge in [-0.2, -0.15) is 0 Å². The molecule has 0 fully saturated rings. The Morgan fingerprint density at radius 1 is 1.15 bits per heavy atom. The first-order chi connectivity index (χ1) is 9.54. The predicted octanol–water partition coefficient (Wildman–Crippen LogP) is 2.84. The molecule has 0 aliphatic carbocycles. The van der Waals surface area contributed by atoms with Crippen LogP contribution in [0.4, 0.5) is 5.69 Å². The summed E-state index contributed by atoms with van der Waals surface area (Å²) >= 11 is 0. The fourth-order valence-electron chi connectivity index (χ4n) is 2.37. The number of fused-ring (bicyclic) bond motifs is 1. The normalized spacial score (nSPS) is 11.1. The number of nitrogens with zero attached hydrogens (tertiary/aromatic N) is 1. The lowest BCUT2D eigenvalue weighted by molar-refractivity contribution is 0.517. The molecule has 1 heterocycles. The van der Waals surface area contributed by atoms with E-state index in [1.54, 1.807) is 16.7 Å². The minimum absolute atomic E-state index is 0.355. The van der Waals surface area contributed by atoms with E-state index in [4.69, 9.17) is 10.2 Å². The van der Waals surface area contributed by atoms with Crippen molar-refractivity contribution in [2.24, 2.45) is 0 Å². The van der Waals surface area contributed by atoms with E-state index < -0.39 is 0 Å². The number of oxazole rings is 1. The second-order valence-electron chi connectivity index (χ2n) is 5.11. The van der Waals surface area contributed by atoms with Gasteiger partial charge in [0.25, 0.3) is 0 Å². The van der Waals surface area contributed by atoms with Crippen molar-refractivity contribution in [1.82, 2.24) is 4.57 Å². The molecule has 0 aliphatic heterocycles. The molecule has 0 unspecified atom stereocenters. The number of hydrogen-bond acceptors (Lipinski definition) is 3. The predicted molar refractivity (Wildman–Crippen MR) is 79.9 cm³/mol. The summed E-state index contributed by atoms with van der Waals surface area (Å²) in [7, 11) is 0. The second-order valence-corrected chi connectivity index (χ2v) is 5.11. The molecule has 2 N–H and O–H groups in total. The minimum Gasteiger partial charge on any atom is -0.408 e. The Kier molecular flexibility index (Phi) is 2.86. The number of nitrogens with two attached hydrogens (primary N) is 1. The summed E-state index contributed by atoms with van der Waals surface area (Å²) in [6, 6.07) is 11.5. The molecule has 0 saturated heterocycles. The van der Waals surface area contributed by atoms with Gasteiger partial charge in [-0.05, 0) is 37.1 Å². The van der Waals surface area contributed by atoms with Gasteiger partial charge < -0.3 is 10.2 Å². The number of benzene rings is 2. The molecule has 0 spiro atoms. The van der Waals surface area contributed by atoms with E-state index in [2.05, 4.69) is 18.2 Å². The molecule has 0 aliphatic rings. The summed E-state index contributed by atoms with van der Waals surface area (Å²) < 4.78 is 6.89. The van der Waals surface area contributed by atoms with Gasteiger partial charge in [-0.3, -0.25) is 4.57 Å². The largest absolute Gasteiger partial charge is 0.420 e. The Morgan fingerprint density at radius 3 is 2.75 bits per heavy atom. The molecule has 0 saturated carbocycles. The average Bonchev–Trinajstić information content (AvgIpc) is 2.69. The number of aryl methyl sites for hydroxylation is 2. The van der Waals surface area contributed by atoms with Crippen molar-refractivity contribution in [3.8, 4) is 0 Å². The summed E-state index contributed by atoms with van der Waals surface area (Å²) in [6.45, 7) is 4.59. The first-order valence-electron chi connectivity index (χ1n) is 6.49. The van der Waals surface area contributed by atoms with Crippen LogP contribution in [0.2, 0.25) is 0 Å². The van der Waals surface area contributed by atoms with Crippen molar-refractivity contribution >= 4 is 16.8 Å². The molecule has 20 heavy (non-hydrogen) atoms. The highest BCUT2D eigenvalue weighted by Crippen LogP contribution is 2.19. The highest BCUT2D eigenvalue weighted by atomic mass is 16.4. The van der Waals surface area contributed by atoms with E-state index >= 15 is 0 Å². The van der Waals surface area contributed by atoms with E-state index in [1.165, 1.54) is 5.56 Å². The molecule has 0 amide bonds. The lowest BCUT2D eigenvalue weighted by Gasteiger charge is -2.07. The maximum atomic E-state index is 12.0. The van der Waals surface area contributed by atoms with E-state index in [0.29, 0.717) is 17.8 Å². The van der Waals surface area contributed by atoms with Crippen molar-refractivity contribution < 1.29 is 4.42 Å². The van der Waals surface area contributed by atoms with Crippen LogP contribution in [0, 0.1) is 13.8 Å². The van der Waals surface area contributed by atoms with Crippen LogP contribution in [-0.2, 0) is 6.54 Å². The number of nitrogen functional groups attached to an aromatic ring is 1. The number of rotatable bonds is 2. The lowest BCUT2D eigenvalue weighted by atomic mass is 10.1. The highest BCUT2D eigenvalue weighted by Gasteiger charge is 2.11. The zero-order chi connectivity index (χ0) is 14.3. The quantitative estimate of drug-likeness (QED) is 0.727. The van der Waals surface area contributed by atoms with Crippen LogP contribution in [0.25, 0.3) is 11.1 Å². The lowest BCUT2D eigenvalue weighted by Crippen LogP contribution is -2.15.